The predicted molar refractivity (Wildman–Crippen MR) is 126 cm³/mol. The van der Waals surface area contributed by atoms with Gasteiger partial charge in [-0.1, -0.05) is 30.3 Å². The average molecular weight is 454 g/mol. The Hall–Kier alpha value is -3.10. The van der Waals surface area contributed by atoms with E-state index in [0.29, 0.717) is 26.2 Å². The first-order chi connectivity index (χ1) is 15.4. The second-order valence-electron chi connectivity index (χ2n) is 7.86. The van der Waals surface area contributed by atoms with E-state index in [1.165, 1.54) is 0 Å². The van der Waals surface area contributed by atoms with Crippen LogP contribution < -0.4 is 14.4 Å². The van der Waals surface area contributed by atoms with E-state index in [-0.39, 0.29) is 10.8 Å². The van der Waals surface area contributed by atoms with Gasteiger partial charge in [-0.25, -0.2) is 8.42 Å². The molecule has 0 aliphatic carbocycles. The van der Waals surface area contributed by atoms with Gasteiger partial charge in [0.2, 0.25) is 15.9 Å². The lowest BCUT2D eigenvalue weighted by Crippen LogP contribution is -2.54. The van der Waals surface area contributed by atoms with Crippen molar-refractivity contribution < 1.29 is 17.9 Å². The molecule has 1 fully saturated rings. The van der Waals surface area contributed by atoms with Crippen molar-refractivity contribution in [3.63, 3.8) is 0 Å². The van der Waals surface area contributed by atoms with Gasteiger partial charge in [-0.2, -0.15) is 4.72 Å². The minimum Gasteiger partial charge on any atom is -0.497 e. The fourth-order valence-electron chi connectivity index (χ4n) is 3.94. The third-order valence-electron chi connectivity index (χ3n) is 5.76. The quantitative estimate of drug-likeness (QED) is 0.621. The first-order valence-electron chi connectivity index (χ1n) is 10.6. The number of nitrogens with zero attached hydrogens (tertiary/aromatic N) is 2. The lowest BCUT2D eigenvalue weighted by molar-refractivity contribution is -0.132. The summed E-state index contributed by atoms with van der Waals surface area (Å²) in [7, 11) is -2.18. The Morgan fingerprint density at radius 3 is 2.25 bits per heavy atom. The van der Waals surface area contributed by atoms with Gasteiger partial charge in [-0.15, -0.1) is 0 Å². The van der Waals surface area contributed by atoms with Crippen molar-refractivity contribution in [2.45, 2.75) is 17.9 Å². The largest absolute Gasteiger partial charge is 0.497 e. The van der Waals surface area contributed by atoms with Gasteiger partial charge in [-0.3, -0.25) is 4.79 Å². The van der Waals surface area contributed by atoms with E-state index < -0.39 is 16.1 Å². The van der Waals surface area contributed by atoms with E-state index in [2.05, 4.69) is 9.62 Å². The molecular formula is C24H27N3O4S. The van der Waals surface area contributed by atoms with Crippen LogP contribution in [0.5, 0.6) is 5.75 Å². The lowest BCUT2D eigenvalue weighted by atomic mass is 10.1. The van der Waals surface area contributed by atoms with Crippen molar-refractivity contribution in [3.8, 4) is 5.75 Å². The molecule has 7 nitrogen and oxygen atoms in total. The highest BCUT2D eigenvalue weighted by Gasteiger charge is 2.28. The van der Waals surface area contributed by atoms with Crippen LogP contribution >= 0.6 is 0 Å². The molecule has 0 aromatic heterocycles. The summed E-state index contributed by atoms with van der Waals surface area (Å²) in [6.45, 7) is 4.03. The number of ether oxygens (including phenoxy) is 1. The summed E-state index contributed by atoms with van der Waals surface area (Å²) in [6.07, 6.45) is 0. The number of methoxy groups -OCH3 is 1. The zero-order chi connectivity index (χ0) is 22.7. The van der Waals surface area contributed by atoms with Crippen molar-refractivity contribution in [2.24, 2.45) is 0 Å². The zero-order valence-corrected chi connectivity index (χ0v) is 19.0. The maximum atomic E-state index is 12.9. The molecular weight excluding hydrogens is 426 g/mol. The number of fused-ring (bicyclic) bond motifs is 1. The number of carbonyl (C=O) groups is 1. The molecule has 1 aliphatic heterocycles. The number of sulfonamides is 1. The molecule has 0 radical (unpaired) electrons. The summed E-state index contributed by atoms with van der Waals surface area (Å²) in [5, 5.41) is 1.80. The number of amides is 1. The summed E-state index contributed by atoms with van der Waals surface area (Å²) < 4.78 is 33.5. The van der Waals surface area contributed by atoms with E-state index in [4.69, 9.17) is 4.74 Å². The third kappa shape index (κ3) is 4.71. The Labute approximate surface area is 188 Å². The lowest BCUT2D eigenvalue weighted by Gasteiger charge is -2.37. The molecule has 1 heterocycles. The summed E-state index contributed by atoms with van der Waals surface area (Å²) in [5.74, 6) is 0.582. The molecule has 1 amide bonds. The maximum absolute atomic E-state index is 12.9. The molecule has 3 aromatic rings. The van der Waals surface area contributed by atoms with Crippen LogP contribution in [0.3, 0.4) is 0 Å². The molecule has 1 atom stereocenters. The standard InChI is InChI=1S/C24H27N3O4S/c1-18(25-32(29,30)23-12-7-19-5-3-4-6-20(19)17-23)24(28)27-15-13-26(14-16-27)21-8-10-22(31-2)11-9-21/h3-12,17-18,25H,13-16H2,1-2H3/t18-/m0/s1. The smallest absolute Gasteiger partial charge is 0.241 e. The van der Waals surface area contributed by atoms with E-state index in [1.54, 1.807) is 37.1 Å². The molecule has 1 N–H and O–H groups in total. The van der Waals surface area contributed by atoms with E-state index in [0.717, 1.165) is 22.2 Å². The zero-order valence-electron chi connectivity index (χ0n) is 18.2. The number of carbonyl (C=O) groups excluding carboxylic acids is 1. The fraction of sp³-hybridized carbons (Fsp3) is 0.292. The Balaban J connectivity index is 1.37. The van der Waals surface area contributed by atoms with Crippen molar-refractivity contribution >= 4 is 32.4 Å². The van der Waals surface area contributed by atoms with Crippen LogP contribution in [0.1, 0.15) is 6.92 Å². The first-order valence-corrected chi connectivity index (χ1v) is 12.0. The van der Waals surface area contributed by atoms with Gasteiger partial charge in [0.25, 0.3) is 0 Å². The molecule has 1 aliphatic rings. The highest BCUT2D eigenvalue weighted by molar-refractivity contribution is 7.89. The number of hydrogen-bond acceptors (Lipinski definition) is 5. The van der Waals surface area contributed by atoms with Gasteiger partial charge in [0.15, 0.2) is 0 Å². The van der Waals surface area contributed by atoms with Crippen LogP contribution in [0.15, 0.2) is 71.6 Å². The van der Waals surface area contributed by atoms with Crippen molar-refractivity contribution in [1.29, 1.82) is 0 Å². The molecule has 1 saturated heterocycles. The second-order valence-corrected chi connectivity index (χ2v) is 9.58. The highest BCUT2D eigenvalue weighted by Crippen LogP contribution is 2.21. The third-order valence-corrected chi connectivity index (χ3v) is 7.30. The van der Waals surface area contributed by atoms with Crippen LogP contribution in [0.4, 0.5) is 5.69 Å². The maximum Gasteiger partial charge on any atom is 0.241 e. The van der Waals surface area contributed by atoms with Crippen molar-refractivity contribution in [1.82, 2.24) is 9.62 Å². The number of nitrogens with one attached hydrogen (secondary N) is 1. The summed E-state index contributed by atoms with van der Waals surface area (Å²) in [6, 6.07) is 19.5. The summed E-state index contributed by atoms with van der Waals surface area (Å²) in [5.41, 5.74) is 1.07. The van der Waals surface area contributed by atoms with Crippen LogP contribution in [-0.2, 0) is 14.8 Å². The van der Waals surface area contributed by atoms with Gasteiger partial charge >= 0.3 is 0 Å². The molecule has 3 aromatic carbocycles. The molecule has 0 unspecified atom stereocenters. The number of rotatable bonds is 6. The second kappa shape index (κ2) is 9.18. The van der Waals surface area contributed by atoms with Crippen molar-refractivity contribution in [3.05, 3.63) is 66.7 Å². The van der Waals surface area contributed by atoms with E-state index in [1.807, 2.05) is 48.5 Å². The Bertz CT molecular complexity index is 1200. The molecule has 8 heteroatoms. The monoisotopic (exact) mass is 453 g/mol. The number of benzene rings is 3. The first kappa shape index (κ1) is 22.1. The summed E-state index contributed by atoms with van der Waals surface area (Å²) >= 11 is 0. The van der Waals surface area contributed by atoms with E-state index in [9.17, 15) is 13.2 Å². The SMILES string of the molecule is COc1ccc(N2CCN(C(=O)[C@H](C)NS(=O)(=O)c3ccc4ccccc4c3)CC2)cc1. The van der Waals surface area contributed by atoms with Crippen LogP contribution in [-0.4, -0.2) is 58.6 Å². The molecule has 32 heavy (non-hydrogen) atoms. The Morgan fingerprint density at radius 1 is 0.938 bits per heavy atom. The van der Waals surface area contributed by atoms with Gasteiger partial charge in [-0.05, 0) is 54.1 Å². The van der Waals surface area contributed by atoms with Gasteiger partial charge in [0.05, 0.1) is 18.0 Å². The van der Waals surface area contributed by atoms with Gasteiger partial charge in [0, 0.05) is 31.9 Å². The topological polar surface area (TPSA) is 79.0 Å². The fourth-order valence-corrected chi connectivity index (χ4v) is 5.17. The van der Waals surface area contributed by atoms with Crippen LogP contribution in [0, 0.1) is 0 Å². The normalized spacial score (nSPS) is 15.6. The Morgan fingerprint density at radius 2 is 1.59 bits per heavy atom. The van der Waals surface area contributed by atoms with E-state index >= 15 is 0 Å². The molecule has 0 bridgehead atoms. The number of piperazine rings is 1. The van der Waals surface area contributed by atoms with Crippen molar-refractivity contribution in [2.75, 3.05) is 38.2 Å². The van der Waals surface area contributed by atoms with Crippen LogP contribution in [0.2, 0.25) is 0 Å². The molecule has 0 saturated carbocycles. The molecule has 0 spiro atoms. The number of hydrogen-bond donors (Lipinski definition) is 1. The average Bonchev–Trinajstić information content (AvgIpc) is 2.83. The predicted octanol–water partition coefficient (Wildman–Crippen LogP) is 2.86. The minimum atomic E-state index is -3.81. The van der Waals surface area contributed by atoms with Crippen LogP contribution in [0.25, 0.3) is 10.8 Å². The Kier molecular flexibility index (Phi) is 6.34. The molecule has 168 valence electrons. The molecule has 4 rings (SSSR count). The minimum absolute atomic E-state index is 0.153. The highest BCUT2D eigenvalue weighted by atomic mass is 32.2. The van der Waals surface area contributed by atoms with Gasteiger partial charge in [0.1, 0.15) is 5.75 Å². The summed E-state index contributed by atoms with van der Waals surface area (Å²) in [4.78, 5) is 17.0. The number of anilines is 1. The van der Waals surface area contributed by atoms with Gasteiger partial charge < -0.3 is 14.5 Å².